The summed E-state index contributed by atoms with van der Waals surface area (Å²) in [7, 11) is 0. The second-order valence-electron chi connectivity index (χ2n) is 7.84. The van der Waals surface area contributed by atoms with Gasteiger partial charge < -0.3 is 10.2 Å². The second kappa shape index (κ2) is 12.8. The summed E-state index contributed by atoms with van der Waals surface area (Å²) >= 11 is 7.93. The summed E-state index contributed by atoms with van der Waals surface area (Å²) in [5.41, 5.74) is 3.24. The Labute approximate surface area is 195 Å². The van der Waals surface area contributed by atoms with Crippen LogP contribution in [0.1, 0.15) is 50.3 Å². The van der Waals surface area contributed by atoms with Crippen molar-refractivity contribution in [1.29, 1.82) is 0 Å². The van der Waals surface area contributed by atoms with Crippen molar-refractivity contribution in [3.05, 3.63) is 70.2 Å². The van der Waals surface area contributed by atoms with E-state index in [0.717, 1.165) is 17.7 Å². The molecule has 0 aliphatic carbocycles. The smallest absolute Gasteiger partial charge is 0.243 e. The normalized spacial score (nSPS) is 12.8. The summed E-state index contributed by atoms with van der Waals surface area (Å²) in [6.07, 6.45) is 1.38. The van der Waals surface area contributed by atoms with Gasteiger partial charge in [-0.25, -0.2) is 0 Å². The standard InChI is InChI=1S/C25H33ClN2O2S/c1-5-19(4)27-25(30)23(6-2)28(15-21-12-7-8-13-22(21)26)24(29)17-31-16-20-11-9-10-18(3)14-20/h7-14,19,23H,5-6,15-17H2,1-4H3,(H,27,30)/t19-,23+/m0/s1. The molecule has 1 N–H and O–H groups in total. The molecule has 0 aliphatic rings. The molecule has 0 saturated carbocycles. The molecule has 2 rings (SSSR count). The van der Waals surface area contributed by atoms with E-state index in [2.05, 4.69) is 30.4 Å². The van der Waals surface area contributed by atoms with Crippen molar-refractivity contribution in [3.8, 4) is 0 Å². The number of thioether (sulfide) groups is 1. The lowest BCUT2D eigenvalue weighted by atomic mass is 10.1. The number of hydrogen-bond donors (Lipinski definition) is 1. The minimum absolute atomic E-state index is 0.0521. The van der Waals surface area contributed by atoms with Crippen molar-refractivity contribution < 1.29 is 9.59 Å². The molecule has 0 aliphatic heterocycles. The van der Waals surface area contributed by atoms with Crippen LogP contribution in [0.2, 0.25) is 5.02 Å². The van der Waals surface area contributed by atoms with Gasteiger partial charge in [-0.1, -0.05) is 73.5 Å². The van der Waals surface area contributed by atoms with Crippen LogP contribution in [0.15, 0.2) is 48.5 Å². The summed E-state index contributed by atoms with van der Waals surface area (Å²) in [6.45, 7) is 8.32. The van der Waals surface area contributed by atoms with E-state index in [1.165, 1.54) is 11.1 Å². The van der Waals surface area contributed by atoms with E-state index < -0.39 is 6.04 Å². The van der Waals surface area contributed by atoms with Gasteiger partial charge >= 0.3 is 0 Å². The van der Waals surface area contributed by atoms with Gasteiger partial charge in [0.2, 0.25) is 11.8 Å². The van der Waals surface area contributed by atoms with Crippen LogP contribution < -0.4 is 5.32 Å². The molecule has 0 aromatic heterocycles. The van der Waals surface area contributed by atoms with Crippen molar-refractivity contribution >= 4 is 35.2 Å². The van der Waals surface area contributed by atoms with Gasteiger partial charge in [-0.05, 0) is 43.9 Å². The number of carbonyl (C=O) groups excluding carboxylic acids is 2. The Morgan fingerprint density at radius 3 is 2.48 bits per heavy atom. The van der Waals surface area contributed by atoms with E-state index in [4.69, 9.17) is 11.6 Å². The third-order valence-electron chi connectivity index (χ3n) is 5.26. The van der Waals surface area contributed by atoms with E-state index in [-0.39, 0.29) is 17.9 Å². The average Bonchev–Trinajstić information content (AvgIpc) is 2.74. The number of amides is 2. The van der Waals surface area contributed by atoms with Crippen molar-refractivity contribution in [2.75, 3.05) is 5.75 Å². The van der Waals surface area contributed by atoms with Crippen LogP contribution in [-0.4, -0.2) is 34.6 Å². The van der Waals surface area contributed by atoms with Crippen LogP contribution in [0, 0.1) is 6.92 Å². The van der Waals surface area contributed by atoms with Gasteiger partial charge in [-0.15, -0.1) is 11.8 Å². The summed E-state index contributed by atoms with van der Waals surface area (Å²) in [6, 6.07) is 15.3. The first-order valence-corrected chi connectivity index (χ1v) is 12.4. The van der Waals surface area contributed by atoms with Gasteiger partial charge in [-0.3, -0.25) is 9.59 Å². The molecule has 0 spiro atoms. The van der Waals surface area contributed by atoms with Crippen molar-refractivity contribution in [3.63, 3.8) is 0 Å². The number of benzene rings is 2. The van der Waals surface area contributed by atoms with Crippen LogP contribution in [0.25, 0.3) is 0 Å². The molecular weight excluding hydrogens is 428 g/mol. The fourth-order valence-corrected chi connectivity index (χ4v) is 4.37. The number of carbonyl (C=O) groups is 2. The van der Waals surface area contributed by atoms with Crippen molar-refractivity contribution in [2.45, 2.75) is 64.9 Å². The first-order valence-electron chi connectivity index (χ1n) is 10.8. The Kier molecular flexibility index (Phi) is 10.4. The van der Waals surface area contributed by atoms with Gasteiger partial charge in [0.1, 0.15) is 6.04 Å². The Balaban J connectivity index is 2.15. The average molecular weight is 461 g/mol. The topological polar surface area (TPSA) is 49.4 Å². The van der Waals surface area contributed by atoms with Crippen LogP contribution in [0.4, 0.5) is 0 Å². The monoisotopic (exact) mass is 460 g/mol. The van der Waals surface area contributed by atoms with Crippen LogP contribution >= 0.6 is 23.4 Å². The van der Waals surface area contributed by atoms with Gasteiger partial charge in [0, 0.05) is 23.4 Å². The number of aryl methyl sites for hydroxylation is 1. The molecule has 31 heavy (non-hydrogen) atoms. The molecule has 2 atom stereocenters. The highest BCUT2D eigenvalue weighted by Crippen LogP contribution is 2.21. The zero-order chi connectivity index (χ0) is 22.8. The third kappa shape index (κ3) is 7.89. The highest BCUT2D eigenvalue weighted by molar-refractivity contribution is 7.99. The molecular formula is C25H33ClN2O2S. The molecule has 0 unspecified atom stereocenters. The SMILES string of the molecule is CC[C@H](C(=O)N[C@@H](C)CC)N(Cc1ccccc1Cl)C(=O)CSCc1cccc(C)c1. The van der Waals surface area contributed by atoms with Crippen LogP contribution in [0.5, 0.6) is 0 Å². The molecule has 4 nitrogen and oxygen atoms in total. The van der Waals surface area contributed by atoms with Gasteiger partial charge in [0.15, 0.2) is 0 Å². The van der Waals surface area contributed by atoms with E-state index >= 15 is 0 Å². The Hall–Kier alpha value is -1.98. The van der Waals surface area contributed by atoms with E-state index in [0.29, 0.717) is 23.7 Å². The summed E-state index contributed by atoms with van der Waals surface area (Å²) in [4.78, 5) is 27.9. The molecule has 0 heterocycles. The molecule has 0 bridgehead atoms. The molecule has 6 heteroatoms. The summed E-state index contributed by atoms with van der Waals surface area (Å²) < 4.78 is 0. The Bertz CT molecular complexity index is 874. The van der Waals surface area contributed by atoms with Crippen molar-refractivity contribution in [1.82, 2.24) is 10.2 Å². The van der Waals surface area contributed by atoms with Gasteiger partial charge in [0.05, 0.1) is 5.75 Å². The zero-order valence-corrected chi connectivity index (χ0v) is 20.4. The Morgan fingerprint density at radius 2 is 1.84 bits per heavy atom. The van der Waals surface area contributed by atoms with Gasteiger partial charge in [-0.2, -0.15) is 0 Å². The fraction of sp³-hybridized carbons (Fsp3) is 0.440. The first kappa shape index (κ1) is 25.3. The number of nitrogens with one attached hydrogen (secondary N) is 1. The molecule has 2 aromatic rings. The maximum atomic E-state index is 13.3. The number of hydrogen-bond acceptors (Lipinski definition) is 3. The third-order valence-corrected chi connectivity index (χ3v) is 6.62. The number of rotatable bonds is 11. The highest BCUT2D eigenvalue weighted by atomic mass is 35.5. The molecule has 0 radical (unpaired) electrons. The van der Waals surface area contributed by atoms with Crippen LogP contribution in [-0.2, 0) is 21.9 Å². The van der Waals surface area contributed by atoms with Gasteiger partial charge in [0.25, 0.3) is 0 Å². The lowest BCUT2D eigenvalue weighted by Gasteiger charge is -2.31. The Morgan fingerprint density at radius 1 is 1.10 bits per heavy atom. The van der Waals surface area contributed by atoms with E-state index in [1.807, 2.05) is 51.1 Å². The van der Waals surface area contributed by atoms with E-state index in [1.54, 1.807) is 16.7 Å². The van der Waals surface area contributed by atoms with Crippen LogP contribution in [0.3, 0.4) is 0 Å². The predicted octanol–water partition coefficient (Wildman–Crippen LogP) is 5.60. The maximum absolute atomic E-state index is 13.3. The predicted molar refractivity (Wildman–Crippen MR) is 131 cm³/mol. The zero-order valence-electron chi connectivity index (χ0n) is 18.9. The van der Waals surface area contributed by atoms with Crippen molar-refractivity contribution in [2.24, 2.45) is 0 Å². The van der Waals surface area contributed by atoms with E-state index in [9.17, 15) is 9.59 Å². The maximum Gasteiger partial charge on any atom is 0.243 e. The largest absolute Gasteiger partial charge is 0.352 e. The number of halogens is 1. The molecule has 0 saturated heterocycles. The fourth-order valence-electron chi connectivity index (χ4n) is 3.31. The lowest BCUT2D eigenvalue weighted by Crippen LogP contribution is -2.51. The first-order chi connectivity index (χ1) is 14.8. The molecule has 0 fully saturated rings. The highest BCUT2D eigenvalue weighted by Gasteiger charge is 2.29. The molecule has 2 aromatic carbocycles. The summed E-state index contributed by atoms with van der Waals surface area (Å²) in [5.74, 6) is 0.902. The molecule has 2 amide bonds. The second-order valence-corrected chi connectivity index (χ2v) is 9.23. The molecule has 168 valence electrons. The minimum Gasteiger partial charge on any atom is -0.352 e. The summed E-state index contributed by atoms with van der Waals surface area (Å²) in [5, 5.41) is 3.63. The number of nitrogens with zero attached hydrogens (tertiary/aromatic N) is 1. The quantitative estimate of drug-likeness (QED) is 0.474. The minimum atomic E-state index is -0.530. The lowest BCUT2D eigenvalue weighted by molar-refractivity contribution is -0.139.